The largest absolute Gasteiger partial charge is 0.377 e. The first kappa shape index (κ1) is 17.8. The van der Waals surface area contributed by atoms with Gasteiger partial charge in [-0.05, 0) is 58.7 Å². The van der Waals surface area contributed by atoms with E-state index in [1.807, 2.05) is 18.2 Å². The standard InChI is InChI=1S/C19H22ClIO/c20-19(17-7-3-1-4-8-17)9-5-2-6-14-22-15-16-10-12-18(21)13-11-16/h1,3-4,7-8,10-13,19H,2,5-6,9,14-15H2. The van der Waals surface area contributed by atoms with Gasteiger partial charge in [0.15, 0.2) is 0 Å². The highest BCUT2D eigenvalue weighted by molar-refractivity contribution is 14.1. The Balaban J connectivity index is 1.52. The van der Waals surface area contributed by atoms with Crippen molar-refractivity contribution >= 4 is 34.2 Å². The second-order valence-corrected chi connectivity index (χ2v) is 7.18. The Morgan fingerprint density at radius 2 is 1.64 bits per heavy atom. The van der Waals surface area contributed by atoms with Crippen molar-refractivity contribution in [1.29, 1.82) is 0 Å². The smallest absolute Gasteiger partial charge is 0.0716 e. The van der Waals surface area contributed by atoms with Gasteiger partial charge in [0.1, 0.15) is 0 Å². The summed E-state index contributed by atoms with van der Waals surface area (Å²) in [5.41, 5.74) is 2.46. The number of benzene rings is 2. The molecule has 0 spiro atoms. The summed E-state index contributed by atoms with van der Waals surface area (Å²) in [7, 11) is 0. The van der Waals surface area contributed by atoms with E-state index in [1.54, 1.807) is 0 Å². The Morgan fingerprint density at radius 3 is 2.36 bits per heavy atom. The highest BCUT2D eigenvalue weighted by Crippen LogP contribution is 2.26. The minimum absolute atomic E-state index is 0.133. The van der Waals surface area contributed by atoms with Crippen LogP contribution in [0.4, 0.5) is 0 Å². The summed E-state index contributed by atoms with van der Waals surface area (Å²) in [4.78, 5) is 0. The molecule has 2 aromatic rings. The molecule has 0 amide bonds. The van der Waals surface area contributed by atoms with Crippen LogP contribution in [0.15, 0.2) is 54.6 Å². The molecule has 0 heterocycles. The van der Waals surface area contributed by atoms with Gasteiger partial charge in [0.2, 0.25) is 0 Å². The third-order valence-electron chi connectivity index (χ3n) is 3.59. The Hall–Kier alpha value is -0.580. The molecule has 1 nitrogen and oxygen atoms in total. The molecule has 22 heavy (non-hydrogen) atoms. The van der Waals surface area contributed by atoms with Gasteiger partial charge in [0, 0.05) is 10.2 Å². The molecule has 0 aliphatic heterocycles. The second-order valence-electron chi connectivity index (χ2n) is 5.41. The van der Waals surface area contributed by atoms with Gasteiger partial charge in [-0.2, -0.15) is 0 Å². The highest BCUT2D eigenvalue weighted by atomic mass is 127. The lowest BCUT2D eigenvalue weighted by Gasteiger charge is -2.09. The van der Waals surface area contributed by atoms with Gasteiger partial charge in [-0.25, -0.2) is 0 Å². The molecule has 1 unspecified atom stereocenters. The molecule has 0 aliphatic rings. The van der Waals surface area contributed by atoms with Gasteiger partial charge in [-0.15, -0.1) is 11.6 Å². The van der Waals surface area contributed by atoms with E-state index in [-0.39, 0.29) is 5.38 Å². The number of hydrogen-bond acceptors (Lipinski definition) is 1. The summed E-state index contributed by atoms with van der Waals surface area (Å²) in [6, 6.07) is 18.8. The minimum Gasteiger partial charge on any atom is -0.377 e. The molecule has 2 aromatic carbocycles. The van der Waals surface area contributed by atoms with Crippen molar-refractivity contribution in [1.82, 2.24) is 0 Å². The maximum absolute atomic E-state index is 6.41. The fourth-order valence-corrected chi connectivity index (χ4v) is 2.96. The van der Waals surface area contributed by atoms with E-state index in [1.165, 1.54) is 21.1 Å². The van der Waals surface area contributed by atoms with E-state index >= 15 is 0 Å². The van der Waals surface area contributed by atoms with Crippen LogP contribution in [-0.4, -0.2) is 6.61 Å². The average Bonchev–Trinajstić information content (AvgIpc) is 2.56. The fraction of sp³-hybridized carbons (Fsp3) is 0.368. The Labute approximate surface area is 152 Å². The van der Waals surface area contributed by atoms with Gasteiger partial charge in [0.05, 0.1) is 12.0 Å². The van der Waals surface area contributed by atoms with Crippen LogP contribution in [0.3, 0.4) is 0 Å². The molecule has 2 rings (SSSR count). The number of ether oxygens (including phenoxy) is 1. The molecule has 0 bridgehead atoms. The summed E-state index contributed by atoms with van der Waals surface area (Å²) < 4.78 is 6.98. The van der Waals surface area contributed by atoms with Crippen LogP contribution in [0.2, 0.25) is 0 Å². The van der Waals surface area contributed by atoms with E-state index in [0.717, 1.165) is 25.9 Å². The Morgan fingerprint density at radius 1 is 0.909 bits per heavy atom. The van der Waals surface area contributed by atoms with Crippen molar-refractivity contribution < 1.29 is 4.74 Å². The molecule has 1 atom stereocenters. The minimum atomic E-state index is 0.133. The predicted molar refractivity (Wildman–Crippen MR) is 102 cm³/mol. The van der Waals surface area contributed by atoms with Crippen LogP contribution in [-0.2, 0) is 11.3 Å². The molecule has 118 valence electrons. The van der Waals surface area contributed by atoms with E-state index in [9.17, 15) is 0 Å². The molecule has 0 aliphatic carbocycles. The van der Waals surface area contributed by atoms with Crippen molar-refractivity contribution in [2.75, 3.05) is 6.61 Å². The zero-order valence-corrected chi connectivity index (χ0v) is 15.6. The van der Waals surface area contributed by atoms with Crippen molar-refractivity contribution in [3.8, 4) is 0 Å². The van der Waals surface area contributed by atoms with Gasteiger partial charge >= 0.3 is 0 Å². The van der Waals surface area contributed by atoms with Crippen LogP contribution in [0.5, 0.6) is 0 Å². The van der Waals surface area contributed by atoms with Crippen molar-refractivity contribution in [2.45, 2.75) is 37.7 Å². The topological polar surface area (TPSA) is 9.23 Å². The maximum atomic E-state index is 6.41. The summed E-state index contributed by atoms with van der Waals surface area (Å²) in [5, 5.41) is 0.133. The Kier molecular flexibility index (Phi) is 8.27. The Bertz CT molecular complexity index is 527. The average molecular weight is 429 g/mol. The van der Waals surface area contributed by atoms with Crippen molar-refractivity contribution in [3.05, 3.63) is 69.3 Å². The normalized spacial score (nSPS) is 12.3. The highest BCUT2D eigenvalue weighted by Gasteiger charge is 2.06. The van der Waals surface area contributed by atoms with Gasteiger partial charge < -0.3 is 4.74 Å². The van der Waals surface area contributed by atoms with E-state index in [2.05, 4.69) is 59.0 Å². The maximum Gasteiger partial charge on any atom is 0.0716 e. The molecule has 0 N–H and O–H groups in total. The first-order chi connectivity index (χ1) is 10.8. The SMILES string of the molecule is ClC(CCCCCOCc1ccc(I)cc1)c1ccccc1. The molecular formula is C19H22ClIO. The molecule has 0 saturated carbocycles. The summed E-state index contributed by atoms with van der Waals surface area (Å²) >= 11 is 8.72. The van der Waals surface area contributed by atoms with Crippen LogP contribution in [0, 0.1) is 3.57 Å². The van der Waals surface area contributed by atoms with Crippen LogP contribution in [0.1, 0.15) is 42.2 Å². The van der Waals surface area contributed by atoms with Gasteiger partial charge in [0.25, 0.3) is 0 Å². The zero-order valence-electron chi connectivity index (χ0n) is 12.7. The van der Waals surface area contributed by atoms with E-state index in [4.69, 9.17) is 16.3 Å². The third kappa shape index (κ3) is 6.67. The summed E-state index contributed by atoms with van der Waals surface area (Å²) in [5.74, 6) is 0. The number of hydrogen-bond donors (Lipinski definition) is 0. The first-order valence-electron chi connectivity index (χ1n) is 7.77. The summed E-state index contributed by atoms with van der Waals surface area (Å²) in [6.07, 6.45) is 4.45. The van der Waals surface area contributed by atoms with Crippen molar-refractivity contribution in [2.24, 2.45) is 0 Å². The first-order valence-corrected chi connectivity index (χ1v) is 9.28. The van der Waals surface area contributed by atoms with Crippen LogP contribution >= 0.6 is 34.2 Å². The third-order valence-corrected chi connectivity index (χ3v) is 4.78. The predicted octanol–water partition coefficient (Wildman–Crippen LogP) is 6.35. The molecule has 0 aromatic heterocycles. The van der Waals surface area contributed by atoms with E-state index < -0.39 is 0 Å². The molecular weight excluding hydrogens is 407 g/mol. The van der Waals surface area contributed by atoms with Crippen LogP contribution in [0.25, 0.3) is 0 Å². The number of halogens is 2. The zero-order chi connectivity index (χ0) is 15.6. The van der Waals surface area contributed by atoms with Gasteiger partial charge in [-0.3, -0.25) is 0 Å². The summed E-state index contributed by atoms with van der Waals surface area (Å²) in [6.45, 7) is 1.53. The number of rotatable bonds is 9. The van der Waals surface area contributed by atoms with E-state index in [0.29, 0.717) is 6.61 Å². The van der Waals surface area contributed by atoms with Crippen LogP contribution < -0.4 is 0 Å². The quantitative estimate of drug-likeness (QED) is 0.257. The lowest BCUT2D eigenvalue weighted by Crippen LogP contribution is -1.96. The second kappa shape index (κ2) is 10.2. The lowest BCUT2D eigenvalue weighted by molar-refractivity contribution is 0.116. The molecule has 3 heteroatoms. The van der Waals surface area contributed by atoms with Crippen molar-refractivity contribution in [3.63, 3.8) is 0 Å². The number of unbranched alkanes of at least 4 members (excludes halogenated alkanes) is 2. The molecule has 0 fully saturated rings. The molecule has 0 radical (unpaired) electrons. The van der Waals surface area contributed by atoms with Gasteiger partial charge in [-0.1, -0.05) is 55.3 Å². The molecule has 0 saturated heterocycles. The lowest BCUT2D eigenvalue weighted by atomic mass is 10.1. The monoisotopic (exact) mass is 428 g/mol. The number of alkyl halides is 1. The fourth-order valence-electron chi connectivity index (χ4n) is 2.30.